The van der Waals surface area contributed by atoms with Crippen LogP contribution in [0.25, 0.3) is 34.6 Å². The quantitative estimate of drug-likeness (QED) is 0.224. The van der Waals surface area contributed by atoms with E-state index >= 15 is 0 Å². The van der Waals surface area contributed by atoms with Crippen molar-refractivity contribution in [1.29, 1.82) is 0 Å². The van der Waals surface area contributed by atoms with Crippen LogP contribution in [-0.4, -0.2) is 40.4 Å². The first-order valence-corrected chi connectivity index (χ1v) is 14.0. The van der Waals surface area contributed by atoms with Gasteiger partial charge in [0, 0.05) is 50.4 Å². The fourth-order valence-corrected chi connectivity index (χ4v) is 5.30. The standard InChI is InChI=1S/C32H42N8.Co/c1-29(2,3)21-16-20-15-18-13-14-19(33-18)17-22-38-39-28(40(22)32(10,11)12)37-27-35-25(26(36-27)31(7,8)9)23(24(21)34-20)30(4,5)6;/h13-17,34H,1-12H3;. The van der Waals surface area contributed by atoms with Gasteiger partial charge < -0.3 is 4.98 Å². The van der Waals surface area contributed by atoms with Gasteiger partial charge >= 0.3 is 0 Å². The minimum atomic E-state index is -0.327. The van der Waals surface area contributed by atoms with Crippen molar-refractivity contribution in [2.75, 3.05) is 0 Å². The zero-order valence-electron chi connectivity index (χ0n) is 26.4. The molecule has 9 heteroatoms. The second kappa shape index (κ2) is 9.98. The molecule has 3 aromatic rings. The Kier molecular flexibility index (Phi) is 7.49. The minimum absolute atomic E-state index is 0. The van der Waals surface area contributed by atoms with E-state index in [1.807, 2.05) is 22.8 Å². The van der Waals surface area contributed by atoms with Gasteiger partial charge in [-0.2, -0.15) is 4.98 Å². The third kappa shape index (κ3) is 5.92. The molecule has 0 fully saturated rings. The van der Waals surface area contributed by atoms with E-state index in [0.29, 0.717) is 17.4 Å². The van der Waals surface area contributed by atoms with Crippen molar-refractivity contribution < 1.29 is 16.8 Å². The first-order valence-electron chi connectivity index (χ1n) is 14.0. The summed E-state index contributed by atoms with van der Waals surface area (Å²) in [5.41, 5.74) is 7.64. The molecule has 0 aromatic carbocycles. The zero-order valence-corrected chi connectivity index (χ0v) is 27.4. The maximum absolute atomic E-state index is 5.13. The van der Waals surface area contributed by atoms with Gasteiger partial charge in [0.2, 0.25) is 0 Å². The summed E-state index contributed by atoms with van der Waals surface area (Å²) in [6, 6.07) is 6.30. The van der Waals surface area contributed by atoms with Crippen molar-refractivity contribution in [2.45, 2.75) is 99.5 Å². The van der Waals surface area contributed by atoms with E-state index in [4.69, 9.17) is 19.9 Å². The summed E-state index contributed by atoms with van der Waals surface area (Å²) in [5, 5.41) is 8.96. The van der Waals surface area contributed by atoms with E-state index in [2.05, 4.69) is 110 Å². The van der Waals surface area contributed by atoms with Crippen molar-refractivity contribution in [3.63, 3.8) is 0 Å². The maximum Gasteiger partial charge on any atom is 0.254 e. The summed E-state index contributed by atoms with van der Waals surface area (Å²) in [4.78, 5) is 23.7. The summed E-state index contributed by atoms with van der Waals surface area (Å²) < 4.78 is 2.02. The second-order valence-corrected chi connectivity index (χ2v) is 14.9. The summed E-state index contributed by atoms with van der Waals surface area (Å²) in [5.74, 6) is 0.860. The molecule has 0 aliphatic carbocycles. The normalized spacial score (nSPS) is 14.2. The van der Waals surface area contributed by atoms with Crippen LogP contribution in [0.2, 0.25) is 0 Å². The van der Waals surface area contributed by atoms with Gasteiger partial charge in [0.15, 0.2) is 5.65 Å². The predicted octanol–water partition coefficient (Wildman–Crippen LogP) is 7.66. The van der Waals surface area contributed by atoms with E-state index < -0.39 is 0 Å². The molecule has 0 atom stereocenters. The van der Waals surface area contributed by atoms with Crippen LogP contribution in [0.5, 0.6) is 0 Å². The Bertz CT molecular complexity index is 1730. The number of hydrogen-bond acceptors (Lipinski definition) is 6. The van der Waals surface area contributed by atoms with Crippen LogP contribution in [0.4, 0.5) is 5.95 Å². The van der Waals surface area contributed by atoms with Gasteiger partial charge in [0.25, 0.3) is 11.7 Å². The first-order chi connectivity index (χ1) is 18.3. The fraction of sp³-hybridized carbons (Fsp3) is 0.500. The number of aromatic amines is 1. The molecule has 0 saturated carbocycles. The average molecular weight is 598 g/mol. The number of fused-ring (bicyclic) bond motifs is 8. The number of hydrogen-bond donors (Lipinski definition) is 1. The molecule has 1 radical (unpaired) electrons. The molecule has 0 saturated heterocycles. The molecule has 2 aliphatic rings. The minimum Gasteiger partial charge on any atom is -0.355 e. The van der Waals surface area contributed by atoms with Crippen LogP contribution in [0.1, 0.15) is 111 Å². The molecule has 41 heavy (non-hydrogen) atoms. The molecule has 0 unspecified atom stereocenters. The molecule has 219 valence electrons. The molecular weight excluding hydrogens is 555 g/mol. The third-order valence-electron chi connectivity index (χ3n) is 7.05. The molecule has 5 rings (SSSR count). The molecule has 5 heterocycles. The summed E-state index contributed by atoms with van der Waals surface area (Å²) in [6.07, 6.45) is 4.04. The van der Waals surface area contributed by atoms with Gasteiger partial charge in [-0.1, -0.05) is 62.3 Å². The van der Waals surface area contributed by atoms with E-state index in [1.165, 1.54) is 5.56 Å². The molecule has 0 spiro atoms. The first kappa shape index (κ1) is 30.8. The Morgan fingerprint density at radius 3 is 1.88 bits per heavy atom. The van der Waals surface area contributed by atoms with Crippen LogP contribution in [0.15, 0.2) is 23.2 Å². The van der Waals surface area contributed by atoms with Crippen molar-refractivity contribution in [3.8, 4) is 0 Å². The Balaban J connectivity index is 0.00000387. The van der Waals surface area contributed by atoms with Gasteiger partial charge in [0.05, 0.1) is 22.8 Å². The smallest absolute Gasteiger partial charge is 0.254 e. The Hall–Kier alpha value is -3.17. The van der Waals surface area contributed by atoms with Crippen molar-refractivity contribution in [2.24, 2.45) is 10.4 Å². The second-order valence-electron chi connectivity index (χ2n) is 14.9. The van der Waals surface area contributed by atoms with Crippen molar-refractivity contribution in [3.05, 3.63) is 46.4 Å². The van der Waals surface area contributed by atoms with Gasteiger partial charge in [0.1, 0.15) is 0 Å². The Labute approximate surface area is 253 Å². The number of rotatable bonds is 0. The Morgan fingerprint density at radius 2 is 1.32 bits per heavy atom. The monoisotopic (exact) mass is 597 g/mol. The van der Waals surface area contributed by atoms with E-state index in [9.17, 15) is 0 Å². The van der Waals surface area contributed by atoms with Crippen LogP contribution in [0.3, 0.4) is 0 Å². The fourth-order valence-electron chi connectivity index (χ4n) is 5.30. The van der Waals surface area contributed by atoms with E-state index in [0.717, 1.165) is 39.4 Å². The summed E-state index contributed by atoms with van der Waals surface area (Å²) in [7, 11) is 0. The number of aliphatic imine (C=N–C) groups is 1. The largest absolute Gasteiger partial charge is 0.355 e. The van der Waals surface area contributed by atoms with Crippen LogP contribution >= 0.6 is 0 Å². The number of H-pyrrole nitrogens is 1. The van der Waals surface area contributed by atoms with Crippen LogP contribution < -0.4 is 0 Å². The zero-order chi connectivity index (χ0) is 29.4. The molecule has 0 amide bonds. The van der Waals surface area contributed by atoms with Crippen molar-refractivity contribution in [1.82, 2.24) is 34.7 Å². The number of nitrogens with zero attached hydrogens (tertiary/aromatic N) is 7. The summed E-state index contributed by atoms with van der Waals surface area (Å²) in [6.45, 7) is 26.3. The van der Waals surface area contributed by atoms with Gasteiger partial charge in [-0.25, -0.2) is 15.0 Å². The maximum atomic E-state index is 5.13. The number of aromatic nitrogens is 7. The van der Waals surface area contributed by atoms with Gasteiger partial charge in [-0.3, -0.25) is 4.57 Å². The van der Waals surface area contributed by atoms with Gasteiger partial charge in [-0.05, 0) is 61.4 Å². The molecule has 3 aromatic heterocycles. The molecule has 1 N–H and O–H groups in total. The molecular formula is C32H42CoN8. The molecule has 8 bridgehead atoms. The third-order valence-corrected chi connectivity index (χ3v) is 7.05. The molecule has 8 nitrogen and oxygen atoms in total. The van der Waals surface area contributed by atoms with Crippen LogP contribution in [0, 0.1) is 5.41 Å². The Morgan fingerprint density at radius 1 is 0.683 bits per heavy atom. The van der Waals surface area contributed by atoms with Crippen LogP contribution in [-0.2, 0) is 33.1 Å². The van der Waals surface area contributed by atoms with Crippen molar-refractivity contribution >= 4 is 46.3 Å². The van der Waals surface area contributed by atoms with E-state index in [-0.39, 0.29) is 38.6 Å². The number of nitrogens with one attached hydrogen (secondary N) is 1. The molecule has 2 aliphatic heterocycles. The summed E-state index contributed by atoms with van der Waals surface area (Å²) >= 11 is 0. The van der Waals surface area contributed by atoms with Gasteiger partial charge in [-0.15, -0.1) is 10.2 Å². The average Bonchev–Trinajstić information content (AvgIpc) is 3.53. The van der Waals surface area contributed by atoms with E-state index in [1.54, 1.807) is 0 Å². The topological polar surface area (TPSA) is 97.5 Å². The predicted molar refractivity (Wildman–Crippen MR) is 165 cm³/mol. The SMILES string of the molecule is CC(C)(C)C1=Nc2nc1c(C(C)(C)C)c1[nH]c(cc3nc(cc4nnc(n2)n4C(C)(C)C)C=C3)cc1C(C)(C)C.[Co].